The Morgan fingerprint density at radius 2 is 1.89 bits per heavy atom. The van der Waals surface area contributed by atoms with Gasteiger partial charge in [-0.3, -0.25) is 0 Å². The van der Waals surface area contributed by atoms with Gasteiger partial charge in [-0.05, 0) is 50.8 Å². The van der Waals surface area contributed by atoms with E-state index < -0.39 is 0 Å². The molecule has 1 aromatic carbocycles. The number of ether oxygens (including phenoxy) is 3. The predicted octanol–water partition coefficient (Wildman–Crippen LogP) is 3.59. The molecule has 0 unspecified atom stereocenters. The average Bonchev–Trinajstić information content (AvgIpc) is 3.21. The predicted molar refractivity (Wildman–Crippen MR) is 107 cm³/mol. The topological polar surface area (TPSA) is 48.8 Å². The van der Waals surface area contributed by atoms with Crippen molar-refractivity contribution in [2.24, 2.45) is 5.92 Å². The number of hydrogen-bond donors (Lipinski definition) is 0. The molecule has 1 aromatic heterocycles. The summed E-state index contributed by atoms with van der Waals surface area (Å²) in [5.41, 5.74) is 0.966. The van der Waals surface area contributed by atoms with Crippen LogP contribution in [-0.4, -0.2) is 53.9 Å². The van der Waals surface area contributed by atoms with Crippen molar-refractivity contribution in [2.45, 2.75) is 44.7 Å². The maximum absolute atomic E-state index is 5.80. The lowest BCUT2D eigenvalue weighted by atomic mass is 9.83. The lowest BCUT2D eigenvalue weighted by Gasteiger charge is -2.44. The quantitative estimate of drug-likeness (QED) is 0.807. The summed E-state index contributed by atoms with van der Waals surface area (Å²) in [6, 6.07) is 4.66. The summed E-state index contributed by atoms with van der Waals surface area (Å²) >= 11 is 0. The number of rotatable bonds is 4. The van der Waals surface area contributed by atoms with Gasteiger partial charge < -0.3 is 23.7 Å². The number of imidazole rings is 1. The van der Waals surface area contributed by atoms with Gasteiger partial charge in [-0.25, -0.2) is 4.98 Å². The highest BCUT2D eigenvalue weighted by Gasteiger charge is 2.33. The smallest absolute Gasteiger partial charge is 0.165 e. The zero-order valence-corrected chi connectivity index (χ0v) is 16.6. The molecule has 0 saturated carbocycles. The van der Waals surface area contributed by atoms with Crippen LogP contribution >= 0.6 is 0 Å². The van der Waals surface area contributed by atoms with E-state index in [0.717, 1.165) is 41.2 Å². The molecule has 28 heavy (non-hydrogen) atoms. The van der Waals surface area contributed by atoms with Crippen LogP contribution in [0.25, 0.3) is 11.4 Å². The molecule has 0 bridgehead atoms. The molecule has 0 radical (unpaired) electrons. The van der Waals surface area contributed by atoms with Crippen molar-refractivity contribution in [3.8, 4) is 28.6 Å². The van der Waals surface area contributed by atoms with Crippen LogP contribution in [0.3, 0.4) is 0 Å². The standard InChI is InChI=1S/C22H29N3O3/c1-26-19-14-21-20(27-11-12-28-21)13-17(19)22-23-7-10-25(22)15-16-5-4-9-24-8-3-2-6-18(16)24/h7,10,13-14,16,18H,2-6,8-9,11-12,15H2,1H3/t16-,18+/m0/s1. The van der Waals surface area contributed by atoms with E-state index >= 15 is 0 Å². The fourth-order valence-corrected chi connectivity index (χ4v) is 5.16. The van der Waals surface area contributed by atoms with E-state index in [-0.39, 0.29) is 0 Å². The highest BCUT2D eigenvalue weighted by Crippen LogP contribution is 2.41. The molecule has 0 N–H and O–H groups in total. The van der Waals surface area contributed by atoms with Crippen LogP contribution in [0.1, 0.15) is 32.1 Å². The summed E-state index contributed by atoms with van der Waals surface area (Å²) in [6.07, 6.45) is 10.7. The Morgan fingerprint density at radius 3 is 2.75 bits per heavy atom. The fraction of sp³-hybridized carbons (Fsp3) is 0.591. The number of fused-ring (bicyclic) bond motifs is 2. The summed E-state index contributed by atoms with van der Waals surface area (Å²) < 4.78 is 19.5. The minimum Gasteiger partial charge on any atom is -0.496 e. The van der Waals surface area contributed by atoms with Crippen molar-refractivity contribution in [2.75, 3.05) is 33.4 Å². The molecule has 6 heteroatoms. The van der Waals surface area contributed by atoms with Crippen molar-refractivity contribution in [3.63, 3.8) is 0 Å². The summed E-state index contributed by atoms with van der Waals surface area (Å²) in [7, 11) is 1.70. The molecular formula is C22H29N3O3. The SMILES string of the molecule is COc1cc2c(cc1-c1nccn1C[C@@H]1CCCN3CCCC[C@H]13)OCCO2. The number of methoxy groups -OCH3 is 1. The number of aromatic nitrogens is 2. The van der Waals surface area contributed by atoms with E-state index in [1.54, 1.807) is 7.11 Å². The summed E-state index contributed by atoms with van der Waals surface area (Å²) in [6.45, 7) is 4.70. The van der Waals surface area contributed by atoms with E-state index in [0.29, 0.717) is 19.1 Å². The van der Waals surface area contributed by atoms with Crippen LogP contribution in [0.2, 0.25) is 0 Å². The minimum absolute atomic E-state index is 0.573. The molecule has 2 atom stereocenters. The first kappa shape index (κ1) is 17.9. The largest absolute Gasteiger partial charge is 0.496 e. The van der Waals surface area contributed by atoms with Crippen molar-refractivity contribution in [3.05, 3.63) is 24.5 Å². The Morgan fingerprint density at radius 1 is 1.07 bits per heavy atom. The zero-order chi connectivity index (χ0) is 18.9. The Balaban J connectivity index is 1.45. The number of hydrogen-bond acceptors (Lipinski definition) is 5. The van der Waals surface area contributed by atoms with Gasteiger partial charge in [0.2, 0.25) is 0 Å². The molecule has 6 nitrogen and oxygen atoms in total. The Bertz CT molecular complexity index is 832. The highest BCUT2D eigenvalue weighted by molar-refractivity contribution is 5.70. The van der Waals surface area contributed by atoms with E-state index in [9.17, 15) is 0 Å². The van der Waals surface area contributed by atoms with E-state index in [1.165, 1.54) is 45.2 Å². The van der Waals surface area contributed by atoms with Crippen molar-refractivity contribution < 1.29 is 14.2 Å². The zero-order valence-electron chi connectivity index (χ0n) is 16.6. The molecule has 2 fully saturated rings. The molecular weight excluding hydrogens is 354 g/mol. The molecule has 0 spiro atoms. The fourth-order valence-electron chi connectivity index (χ4n) is 5.16. The van der Waals surface area contributed by atoms with E-state index in [1.807, 2.05) is 18.3 Å². The maximum Gasteiger partial charge on any atom is 0.165 e. The molecule has 3 aliphatic heterocycles. The van der Waals surface area contributed by atoms with E-state index in [2.05, 4.69) is 20.6 Å². The van der Waals surface area contributed by atoms with Crippen LogP contribution in [-0.2, 0) is 6.54 Å². The second-order valence-corrected chi connectivity index (χ2v) is 8.10. The number of benzene rings is 1. The lowest BCUT2D eigenvalue weighted by molar-refractivity contribution is 0.0521. The van der Waals surface area contributed by atoms with Gasteiger partial charge in [0.25, 0.3) is 0 Å². The third kappa shape index (κ3) is 3.24. The molecule has 2 aromatic rings. The van der Waals surface area contributed by atoms with Crippen LogP contribution in [0.4, 0.5) is 0 Å². The molecule has 0 amide bonds. The Kier molecular flexibility index (Phi) is 4.89. The third-order valence-corrected chi connectivity index (χ3v) is 6.48. The second kappa shape index (κ2) is 7.66. The molecule has 4 heterocycles. The number of nitrogens with zero attached hydrogens (tertiary/aromatic N) is 3. The van der Waals surface area contributed by atoms with Gasteiger partial charge in [0.15, 0.2) is 11.5 Å². The lowest BCUT2D eigenvalue weighted by Crippen LogP contribution is -2.49. The summed E-state index contributed by atoms with van der Waals surface area (Å²) in [5, 5.41) is 0. The maximum atomic E-state index is 5.80. The minimum atomic E-state index is 0.573. The molecule has 0 aliphatic carbocycles. The normalized spacial score (nSPS) is 24.6. The highest BCUT2D eigenvalue weighted by atomic mass is 16.6. The van der Waals surface area contributed by atoms with Crippen LogP contribution in [0.15, 0.2) is 24.5 Å². The van der Waals surface area contributed by atoms with Gasteiger partial charge in [0, 0.05) is 31.0 Å². The van der Waals surface area contributed by atoms with Crippen molar-refractivity contribution >= 4 is 0 Å². The van der Waals surface area contributed by atoms with Crippen molar-refractivity contribution in [1.82, 2.24) is 14.5 Å². The Labute approximate surface area is 166 Å². The van der Waals surface area contributed by atoms with Crippen LogP contribution in [0.5, 0.6) is 17.2 Å². The Hall–Kier alpha value is -2.21. The monoisotopic (exact) mass is 383 g/mol. The first-order chi connectivity index (χ1) is 13.8. The van der Waals surface area contributed by atoms with Gasteiger partial charge in [-0.1, -0.05) is 6.42 Å². The van der Waals surface area contributed by atoms with Crippen molar-refractivity contribution in [1.29, 1.82) is 0 Å². The van der Waals surface area contributed by atoms with Crippen LogP contribution < -0.4 is 14.2 Å². The number of piperidine rings is 2. The van der Waals surface area contributed by atoms with Gasteiger partial charge in [0.05, 0.1) is 12.7 Å². The van der Waals surface area contributed by atoms with E-state index in [4.69, 9.17) is 14.2 Å². The van der Waals surface area contributed by atoms with Gasteiger partial charge in [0.1, 0.15) is 24.8 Å². The molecule has 5 rings (SSSR count). The van der Waals surface area contributed by atoms with Crippen LogP contribution in [0, 0.1) is 5.92 Å². The van der Waals surface area contributed by atoms with Gasteiger partial charge in [-0.15, -0.1) is 0 Å². The second-order valence-electron chi connectivity index (χ2n) is 8.10. The molecule has 2 saturated heterocycles. The average molecular weight is 383 g/mol. The molecule has 150 valence electrons. The molecule has 3 aliphatic rings. The first-order valence-corrected chi connectivity index (χ1v) is 10.6. The first-order valence-electron chi connectivity index (χ1n) is 10.6. The van der Waals surface area contributed by atoms with Gasteiger partial charge in [-0.2, -0.15) is 0 Å². The summed E-state index contributed by atoms with van der Waals surface area (Å²) in [4.78, 5) is 7.41. The van der Waals surface area contributed by atoms with Gasteiger partial charge >= 0.3 is 0 Å². The summed E-state index contributed by atoms with van der Waals surface area (Å²) in [5.74, 6) is 3.93. The third-order valence-electron chi connectivity index (χ3n) is 6.48.